The molecule has 0 saturated carbocycles. The molecule has 2 aliphatic heterocycles. The summed E-state index contributed by atoms with van der Waals surface area (Å²) < 4.78 is 1.33. The highest BCUT2D eigenvalue weighted by atomic mass is 16.2. The van der Waals surface area contributed by atoms with Gasteiger partial charge in [0.15, 0.2) is 5.65 Å². The van der Waals surface area contributed by atoms with Gasteiger partial charge in [-0.1, -0.05) is 0 Å². The summed E-state index contributed by atoms with van der Waals surface area (Å²) in [6, 6.07) is 4.23. The van der Waals surface area contributed by atoms with Crippen molar-refractivity contribution in [3.63, 3.8) is 0 Å². The minimum Gasteiger partial charge on any atom is -0.352 e. The van der Waals surface area contributed by atoms with Crippen LogP contribution in [0, 0.1) is 11.8 Å². The fourth-order valence-corrected chi connectivity index (χ4v) is 3.42. The van der Waals surface area contributed by atoms with Crippen molar-refractivity contribution in [3.8, 4) is 0 Å². The molecule has 2 aromatic rings. The molecule has 2 aliphatic rings. The van der Waals surface area contributed by atoms with E-state index in [1.807, 2.05) is 12.1 Å². The van der Waals surface area contributed by atoms with E-state index in [4.69, 9.17) is 0 Å². The maximum atomic E-state index is 11.6. The van der Waals surface area contributed by atoms with E-state index in [1.165, 1.54) is 4.52 Å². The van der Waals surface area contributed by atoms with Gasteiger partial charge in [0, 0.05) is 25.7 Å². The van der Waals surface area contributed by atoms with E-state index in [0.29, 0.717) is 23.5 Å². The molecule has 7 heteroatoms. The molecule has 0 amide bonds. The molecule has 2 fully saturated rings. The third-order valence-corrected chi connectivity index (χ3v) is 4.49. The molecule has 100 valence electrons. The topological polar surface area (TPSA) is 78.3 Å². The second kappa shape index (κ2) is 3.80. The SMILES string of the molecule is CC1C2CNCC2CN1c1ccc2n[nH]c(=O)n2n1. The van der Waals surface area contributed by atoms with Crippen LogP contribution in [0.2, 0.25) is 0 Å². The van der Waals surface area contributed by atoms with Crippen LogP contribution in [0.15, 0.2) is 16.9 Å². The second-order valence-electron chi connectivity index (χ2n) is 5.47. The Hall–Kier alpha value is -1.89. The summed E-state index contributed by atoms with van der Waals surface area (Å²) in [5, 5.41) is 14.2. The van der Waals surface area contributed by atoms with Crippen molar-refractivity contribution in [1.82, 2.24) is 25.1 Å². The molecule has 4 heterocycles. The molecule has 0 spiro atoms. The molecule has 2 saturated heterocycles. The highest BCUT2D eigenvalue weighted by Gasteiger charge is 2.42. The van der Waals surface area contributed by atoms with Crippen molar-refractivity contribution in [2.45, 2.75) is 13.0 Å². The van der Waals surface area contributed by atoms with Crippen LogP contribution < -0.4 is 15.9 Å². The highest BCUT2D eigenvalue weighted by molar-refractivity contribution is 5.47. The molecular formula is C12H16N6O. The summed E-state index contributed by atoms with van der Waals surface area (Å²) >= 11 is 0. The summed E-state index contributed by atoms with van der Waals surface area (Å²) in [4.78, 5) is 13.9. The van der Waals surface area contributed by atoms with Crippen LogP contribution in [0.3, 0.4) is 0 Å². The molecule has 19 heavy (non-hydrogen) atoms. The first kappa shape index (κ1) is 11.0. The largest absolute Gasteiger partial charge is 0.364 e. The Kier molecular flexibility index (Phi) is 2.20. The average Bonchev–Trinajstić information content (AvgIpc) is 3.08. The molecular weight excluding hydrogens is 244 g/mol. The van der Waals surface area contributed by atoms with Gasteiger partial charge in [0.25, 0.3) is 0 Å². The molecule has 4 rings (SSSR count). The Balaban J connectivity index is 1.74. The summed E-state index contributed by atoms with van der Waals surface area (Å²) in [7, 11) is 0. The highest BCUT2D eigenvalue weighted by Crippen LogP contribution is 2.34. The van der Waals surface area contributed by atoms with Crippen molar-refractivity contribution < 1.29 is 0 Å². The maximum absolute atomic E-state index is 11.6. The van der Waals surface area contributed by atoms with E-state index in [2.05, 4.69) is 32.4 Å². The lowest BCUT2D eigenvalue weighted by molar-refractivity contribution is 0.471. The Morgan fingerprint density at radius 1 is 1.37 bits per heavy atom. The Morgan fingerprint density at radius 2 is 2.26 bits per heavy atom. The van der Waals surface area contributed by atoms with E-state index >= 15 is 0 Å². The van der Waals surface area contributed by atoms with Crippen LogP contribution in [0.4, 0.5) is 5.82 Å². The molecule has 3 atom stereocenters. The molecule has 0 radical (unpaired) electrons. The fourth-order valence-electron chi connectivity index (χ4n) is 3.42. The zero-order valence-electron chi connectivity index (χ0n) is 10.7. The minimum atomic E-state index is -0.287. The molecule has 7 nitrogen and oxygen atoms in total. The van der Waals surface area contributed by atoms with E-state index in [0.717, 1.165) is 25.5 Å². The van der Waals surface area contributed by atoms with Gasteiger partial charge in [0.05, 0.1) is 0 Å². The predicted octanol–water partition coefficient (Wildman–Crippen LogP) is -0.538. The molecule has 0 aromatic carbocycles. The van der Waals surface area contributed by atoms with Crippen LogP contribution in [0.25, 0.3) is 5.65 Å². The summed E-state index contributed by atoms with van der Waals surface area (Å²) in [5.74, 6) is 2.23. The van der Waals surface area contributed by atoms with Crippen LogP contribution in [-0.2, 0) is 0 Å². The van der Waals surface area contributed by atoms with Crippen LogP contribution >= 0.6 is 0 Å². The van der Waals surface area contributed by atoms with Gasteiger partial charge in [-0.2, -0.15) is 9.61 Å². The van der Waals surface area contributed by atoms with Crippen molar-refractivity contribution in [2.75, 3.05) is 24.5 Å². The minimum absolute atomic E-state index is 0.287. The number of anilines is 1. The first-order chi connectivity index (χ1) is 9.24. The molecule has 2 aromatic heterocycles. The van der Waals surface area contributed by atoms with Gasteiger partial charge < -0.3 is 10.2 Å². The van der Waals surface area contributed by atoms with Crippen LogP contribution in [-0.4, -0.2) is 45.5 Å². The quantitative estimate of drug-likeness (QED) is 0.720. The number of hydrogen-bond acceptors (Lipinski definition) is 5. The average molecular weight is 260 g/mol. The number of hydrogen-bond donors (Lipinski definition) is 2. The van der Waals surface area contributed by atoms with Gasteiger partial charge >= 0.3 is 5.69 Å². The lowest BCUT2D eigenvalue weighted by Gasteiger charge is -2.25. The molecule has 2 N–H and O–H groups in total. The van der Waals surface area contributed by atoms with Crippen molar-refractivity contribution in [1.29, 1.82) is 0 Å². The van der Waals surface area contributed by atoms with Gasteiger partial charge in [-0.25, -0.2) is 9.89 Å². The smallest absolute Gasteiger partial charge is 0.352 e. The number of aromatic nitrogens is 4. The lowest BCUT2D eigenvalue weighted by Crippen LogP contribution is -2.34. The molecule has 0 aliphatic carbocycles. The summed E-state index contributed by atoms with van der Waals surface area (Å²) in [6.45, 7) is 5.40. The van der Waals surface area contributed by atoms with Crippen molar-refractivity contribution in [2.24, 2.45) is 11.8 Å². The second-order valence-corrected chi connectivity index (χ2v) is 5.47. The maximum Gasteiger partial charge on any atom is 0.364 e. The molecule has 0 bridgehead atoms. The van der Waals surface area contributed by atoms with Gasteiger partial charge in [-0.3, -0.25) is 0 Å². The van der Waals surface area contributed by atoms with E-state index in [1.54, 1.807) is 0 Å². The summed E-state index contributed by atoms with van der Waals surface area (Å²) in [6.07, 6.45) is 0. The Bertz CT molecular complexity index is 676. The predicted molar refractivity (Wildman–Crippen MR) is 70.3 cm³/mol. The van der Waals surface area contributed by atoms with Crippen LogP contribution in [0.1, 0.15) is 6.92 Å². The van der Waals surface area contributed by atoms with E-state index < -0.39 is 0 Å². The van der Waals surface area contributed by atoms with Gasteiger partial charge in [0.2, 0.25) is 0 Å². The lowest BCUT2D eigenvalue weighted by atomic mass is 9.95. The first-order valence-corrected chi connectivity index (χ1v) is 6.66. The number of H-pyrrole nitrogens is 1. The van der Waals surface area contributed by atoms with Crippen molar-refractivity contribution in [3.05, 3.63) is 22.6 Å². The van der Waals surface area contributed by atoms with E-state index in [9.17, 15) is 4.79 Å². The van der Waals surface area contributed by atoms with Crippen molar-refractivity contribution >= 4 is 11.5 Å². The Morgan fingerprint density at radius 3 is 3.11 bits per heavy atom. The molecule has 3 unspecified atom stereocenters. The van der Waals surface area contributed by atoms with E-state index in [-0.39, 0.29) is 5.69 Å². The third kappa shape index (κ3) is 1.51. The number of nitrogens with one attached hydrogen (secondary N) is 2. The van der Waals surface area contributed by atoms with Gasteiger partial charge in [-0.15, -0.1) is 5.10 Å². The zero-order chi connectivity index (χ0) is 13.0. The monoisotopic (exact) mass is 260 g/mol. The number of rotatable bonds is 1. The standard InChI is InChI=1S/C12H16N6O/c1-7-9-5-13-4-8(9)6-17(7)11-3-2-10-14-15-12(19)18(10)16-11/h2-3,7-9,13H,4-6H2,1H3,(H,15,19). The van der Waals surface area contributed by atoms with Gasteiger partial charge in [0.1, 0.15) is 5.82 Å². The third-order valence-electron chi connectivity index (χ3n) is 4.49. The first-order valence-electron chi connectivity index (χ1n) is 6.66. The number of fused-ring (bicyclic) bond motifs is 2. The Labute approximate surface area is 109 Å². The normalized spacial score (nSPS) is 30.2. The van der Waals surface area contributed by atoms with Gasteiger partial charge in [-0.05, 0) is 30.9 Å². The number of nitrogens with zero attached hydrogens (tertiary/aromatic N) is 4. The zero-order valence-corrected chi connectivity index (χ0v) is 10.7. The summed E-state index contributed by atoms with van der Waals surface area (Å²) in [5.41, 5.74) is 0.271. The van der Waals surface area contributed by atoms with Crippen LogP contribution in [0.5, 0.6) is 0 Å². The number of aromatic amines is 1. The fraction of sp³-hybridized carbons (Fsp3) is 0.583.